The van der Waals surface area contributed by atoms with Crippen LogP contribution >= 0.6 is 11.3 Å². The van der Waals surface area contributed by atoms with E-state index >= 15 is 0 Å². The molecule has 5 heteroatoms. The van der Waals surface area contributed by atoms with Gasteiger partial charge in [0.25, 0.3) is 0 Å². The Morgan fingerprint density at radius 1 is 1.17 bits per heavy atom. The number of aryl methyl sites for hydroxylation is 1. The number of para-hydroxylation sites is 1. The van der Waals surface area contributed by atoms with Crippen LogP contribution in [0.4, 0.5) is 0 Å². The molecule has 0 radical (unpaired) electrons. The lowest BCUT2D eigenvalue weighted by molar-refractivity contribution is -0.121. The summed E-state index contributed by atoms with van der Waals surface area (Å²) in [4.78, 5) is 13.2. The molecule has 0 aliphatic heterocycles. The summed E-state index contributed by atoms with van der Waals surface area (Å²) in [6.45, 7) is 0.519. The van der Waals surface area contributed by atoms with Crippen LogP contribution in [-0.4, -0.2) is 15.7 Å². The first-order chi connectivity index (χ1) is 11.3. The van der Waals surface area contributed by atoms with Crippen LogP contribution in [0.5, 0.6) is 0 Å². The number of nitrogens with zero attached hydrogens (tertiary/aromatic N) is 2. The maximum absolute atomic E-state index is 11.9. The van der Waals surface area contributed by atoms with Crippen LogP contribution in [-0.2, 0) is 17.8 Å². The Balaban J connectivity index is 1.43. The number of benzene rings is 1. The lowest BCUT2D eigenvalue weighted by atomic mass is 10.2. The van der Waals surface area contributed by atoms with Crippen LogP contribution in [0.25, 0.3) is 5.69 Å². The Kier molecular flexibility index (Phi) is 5.21. The van der Waals surface area contributed by atoms with Crippen LogP contribution in [0.15, 0.2) is 60.2 Å². The summed E-state index contributed by atoms with van der Waals surface area (Å²) in [5.74, 6) is 0.0917. The molecule has 1 N–H and O–H groups in total. The van der Waals surface area contributed by atoms with Crippen molar-refractivity contribution in [3.05, 3.63) is 70.7 Å². The minimum Gasteiger partial charge on any atom is -0.352 e. The predicted molar refractivity (Wildman–Crippen MR) is 92.7 cm³/mol. The second-order valence-electron chi connectivity index (χ2n) is 5.34. The highest BCUT2D eigenvalue weighted by molar-refractivity contribution is 7.09. The fourth-order valence-electron chi connectivity index (χ4n) is 2.34. The Bertz CT molecular complexity index is 735. The highest BCUT2D eigenvalue weighted by Crippen LogP contribution is 2.12. The van der Waals surface area contributed by atoms with Gasteiger partial charge in [-0.05, 0) is 36.4 Å². The van der Waals surface area contributed by atoms with E-state index in [0.717, 1.165) is 24.1 Å². The van der Waals surface area contributed by atoms with Crippen molar-refractivity contribution in [2.24, 2.45) is 0 Å². The predicted octanol–water partition coefficient (Wildman–Crippen LogP) is 3.57. The van der Waals surface area contributed by atoms with Gasteiger partial charge in [0.2, 0.25) is 5.91 Å². The van der Waals surface area contributed by atoms with Crippen molar-refractivity contribution in [1.29, 1.82) is 0 Å². The third-order valence-electron chi connectivity index (χ3n) is 3.55. The molecule has 3 rings (SSSR count). The van der Waals surface area contributed by atoms with Crippen LogP contribution in [0.1, 0.15) is 23.3 Å². The van der Waals surface area contributed by atoms with Gasteiger partial charge in [-0.15, -0.1) is 11.3 Å². The quantitative estimate of drug-likeness (QED) is 0.722. The highest BCUT2D eigenvalue weighted by Gasteiger charge is 2.04. The van der Waals surface area contributed by atoms with E-state index in [2.05, 4.69) is 21.9 Å². The molecule has 0 fully saturated rings. The summed E-state index contributed by atoms with van der Waals surface area (Å²) >= 11 is 1.74. The van der Waals surface area contributed by atoms with Crippen molar-refractivity contribution in [2.45, 2.75) is 25.8 Å². The van der Waals surface area contributed by atoms with Crippen molar-refractivity contribution >= 4 is 17.2 Å². The molecule has 2 heterocycles. The molecular weight excluding hydrogens is 306 g/mol. The average Bonchev–Trinajstić information content (AvgIpc) is 3.25. The van der Waals surface area contributed by atoms with Gasteiger partial charge in [0.1, 0.15) is 0 Å². The Morgan fingerprint density at radius 3 is 2.83 bits per heavy atom. The van der Waals surface area contributed by atoms with Gasteiger partial charge < -0.3 is 5.32 Å². The minimum absolute atomic E-state index is 0.0917. The van der Waals surface area contributed by atoms with Gasteiger partial charge in [0.15, 0.2) is 0 Å². The van der Waals surface area contributed by atoms with E-state index < -0.39 is 0 Å². The molecular formula is C18H19N3OS. The second kappa shape index (κ2) is 7.74. The second-order valence-corrected chi connectivity index (χ2v) is 6.37. The van der Waals surface area contributed by atoms with Gasteiger partial charge in [-0.25, -0.2) is 4.68 Å². The molecule has 0 spiro atoms. The number of carbonyl (C=O) groups excluding carboxylic acids is 1. The lowest BCUT2D eigenvalue weighted by Crippen LogP contribution is -2.22. The molecule has 0 bridgehead atoms. The summed E-state index contributed by atoms with van der Waals surface area (Å²) in [5, 5.41) is 9.35. The Morgan fingerprint density at radius 2 is 2.04 bits per heavy atom. The van der Waals surface area contributed by atoms with E-state index in [1.807, 2.05) is 47.3 Å². The van der Waals surface area contributed by atoms with Gasteiger partial charge >= 0.3 is 0 Å². The van der Waals surface area contributed by atoms with Crippen molar-refractivity contribution in [3.63, 3.8) is 0 Å². The molecule has 1 aromatic carbocycles. The number of hydrogen-bond acceptors (Lipinski definition) is 3. The number of rotatable bonds is 7. The maximum Gasteiger partial charge on any atom is 0.220 e. The van der Waals surface area contributed by atoms with Gasteiger partial charge in [0.05, 0.1) is 11.9 Å². The normalized spacial score (nSPS) is 10.6. The highest BCUT2D eigenvalue weighted by atomic mass is 32.1. The van der Waals surface area contributed by atoms with Crippen molar-refractivity contribution < 1.29 is 4.79 Å². The zero-order valence-electron chi connectivity index (χ0n) is 12.8. The summed E-state index contributed by atoms with van der Waals surface area (Å²) in [5.41, 5.74) is 2.02. The fourth-order valence-corrected chi connectivity index (χ4v) is 3.09. The van der Waals surface area contributed by atoms with E-state index in [4.69, 9.17) is 0 Å². The monoisotopic (exact) mass is 325 g/mol. The van der Waals surface area contributed by atoms with Crippen LogP contribution in [0, 0.1) is 0 Å². The van der Waals surface area contributed by atoms with Crippen LogP contribution < -0.4 is 5.32 Å². The first-order valence-corrected chi connectivity index (χ1v) is 8.57. The van der Waals surface area contributed by atoms with Crippen LogP contribution in [0.2, 0.25) is 0 Å². The minimum atomic E-state index is 0.0917. The van der Waals surface area contributed by atoms with E-state index in [-0.39, 0.29) is 5.91 Å². The molecule has 0 saturated heterocycles. The van der Waals surface area contributed by atoms with Gasteiger partial charge in [-0.1, -0.05) is 24.3 Å². The van der Waals surface area contributed by atoms with E-state index in [0.29, 0.717) is 13.0 Å². The van der Waals surface area contributed by atoms with Gasteiger partial charge in [-0.3, -0.25) is 4.79 Å². The number of aromatic nitrogens is 2. The summed E-state index contributed by atoms with van der Waals surface area (Å²) in [6.07, 6.45) is 6.15. The van der Waals surface area contributed by atoms with Gasteiger partial charge in [-0.2, -0.15) is 5.10 Å². The summed E-state index contributed by atoms with van der Waals surface area (Å²) < 4.78 is 1.82. The zero-order valence-corrected chi connectivity index (χ0v) is 13.6. The first kappa shape index (κ1) is 15.5. The molecule has 0 unspecified atom stereocenters. The maximum atomic E-state index is 11.9. The topological polar surface area (TPSA) is 46.9 Å². The Labute approximate surface area is 139 Å². The third-order valence-corrected chi connectivity index (χ3v) is 4.49. The molecule has 1 amide bonds. The standard InChI is InChI=1S/C18H19N3OS/c22-18(10-4-8-17-9-5-11-23-17)19-12-15-13-20-21(14-15)16-6-2-1-3-7-16/h1-3,5-7,9,11,13-14H,4,8,10,12H2,(H,19,22). The fraction of sp³-hybridized carbons (Fsp3) is 0.222. The van der Waals surface area contributed by atoms with Crippen molar-refractivity contribution in [1.82, 2.24) is 15.1 Å². The molecule has 0 saturated carbocycles. The van der Waals surface area contributed by atoms with E-state index in [1.165, 1.54) is 4.88 Å². The zero-order chi connectivity index (χ0) is 15.9. The van der Waals surface area contributed by atoms with E-state index in [9.17, 15) is 4.79 Å². The number of hydrogen-bond donors (Lipinski definition) is 1. The molecule has 0 aliphatic carbocycles. The average molecular weight is 325 g/mol. The molecule has 23 heavy (non-hydrogen) atoms. The lowest BCUT2D eigenvalue weighted by Gasteiger charge is -2.03. The summed E-state index contributed by atoms with van der Waals surface area (Å²) in [7, 11) is 0. The number of amides is 1. The van der Waals surface area contributed by atoms with Crippen LogP contribution in [0.3, 0.4) is 0 Å². The Hall–Kier alpha value is -2.40. The number of carbonyl (C=O) groups is 1. The molecule has 2 aromatic heterocycles. The molecule has 3 aromatic rings. The summed E-state index contributed by atoms with van der Waals surface area (Å²) in [6, 6.07) is 14.1. The van der Waals surface area contributed by atoms with Crippen molar-refractivity contribution in [3.8, 4) is 5.69 Å². The molecule has 4 nitrogen and oxygen atoms in total. The number of thiophene rings is 1. The first-order valence-electron chi connectivity index (χ1n) is 7.69. The van der Waals surface area contributed by atoms with E-state index in [1.54, 1.807) is 17.5 Å². The van der Waals surface area contributed by atoms with Crippen molar-refractivity contribution in [2.75, 3.05) is 0 Å². The third kappa shape index (κ3) is 4.53. The SMILES string of the molecule is O=C(CCCc1cccs1)NCc1cnn(-c2ccccc2)c1. The van der Waals surface area contributed by atoms with Gasteiger partial charge in [0, 0.05) is 29.6 Å². The largest absolute Gasteiger partial charge is 0.352 e. The number of nitrogens with one attached hydrogen (secondary N) is 1. The molecule has 0 atom stereocenters. The molecule has 118 valence electrons. The molecule has 0 aliphatic rings. The smallest absolute Gasteiger partial charge is 0.220 e.